The van der Waals surface area contributed by atoms with Gasteiger partial charge in [0.25, 0.3) is 11.6 Å². The minimum Gasteiger partial charge on any atom is -0.496 e. The van der Waals surface area contributed by atoms with E-state index in [1.807, 2.05) is 0 Å². The molecule has 1 saturated carbocycles. The molecule has 3 N–H and O–H groups in total. The smallest absolute Gasteiger partial charge is 0.293 e. The standard InChI is InChI=1S/C14H19N3O4/c1-21-13-8-11(16-9-5-3-2-4-6-9)12(17(19)20)7-10(13)14(15)18/h7-9,16H,2-6H2,1H3,(H2,15,18). The minimum atomic E-state index is -0.751. The molecular formula is C14H19N3O4. The topological polar surface area (TPSA) is 107 Å². The van der Waals surface area contributed by atoms with Crippen LogP contribution in [0.2, 0.25) is 0 Å². The number of benzene rings is 1. The van der Waals surface area contributed by atoms with Gasteiger partial charge in [-0.3, -0.25) is 14.9 Å². The molecule has 1 aromatic rings. The number of carbonyl (C=O) groups is 1. The number of primary amides is 1. The van der Waals surface area contributed by atoms with Crippen molar-refractivity contribution in [2.75, 3.05) is 12.4 Å². The molecule has 0 saturated heterocycles. The molecule has 21 heavy (non-hydrogen) atoms. The summed E-state index contributed by atoms with van der Waals surface area (Å²) in [5.41, 5.74) is 5.46. The number of carbonyl (C=O) groups excluding carboxylic acids is 1. The molecule has 0 heterocycles. The molecule has 0 bridgehead atoms. The molecule has 1 fully saturated rings. The monoisotopic (exact) mass is 293 g/mol. The van der Waals surface area contributed by atoms with E-state index in [0.717, 1.165) is 25.7 Å². The van der Waals surface area contributed by atoms with E-state index in [-0.39, 0.29) is 23.0 Å². The predicted octanol–water partition coefficient (Wildman–Crippen LogP) is 2.45. The lowest BCUT2D eigenvalue weighted by Crippen LogP contribution is -2.23. The average molecular weight is 293 g/mol. The van der Waals surface area contributed by atoms with Crippen molar-refractivity contribution >= 4 is 17.3 Å². The second-order valence-electron chi connectivity index (χ2n) is 5.17. The zero-order valence-corrected chi connectivity index (χ0v) is 11.9. The predicted molar refractivity (Wildman–Crippen MR) is 78.7 cm³/mol. The van der Waals surface area contributed by atoms with Gasteiger partial charge in [-0.15, -0.1) is 0 Å². The minimum absolute atomic E-state index is 0.0124. The van der Waals surface area contributed by atoms with Gasteiger partial charge in [0, 0.05) is 18.2 Å². The summed E-state index contributed by atoms with van der Waals surface area (Å²) in [5.74, 6) is -0.509. The van der Waals surface area contributed by atoms with E-state index in [0.29, 0.717) is 5.69 Å². The van der Waals surface area contributed by atoms with Crippen LogP contribution in [0.25, 0.3) is 0 Å². The fourth-order valence-electron chi connectivity index (χ4n) is 2.66. The molecule has 114 valence electrons. The third kappa shape index (κ3) is 3.42. The van der Waals surface area contributed by atoms with Gasteiger partial charge < -0.3 is 15.8 Å². The van der Waals surface area contributed by atoms with E-state index in [1.54, 1.807) is 0 Å². The number of nitro groups is 1. The second kappa shape index (κ2) is 6.43. The Kier molecular flexibility index (Phi) is 4.62. The van der Waals surface area contributed by atoms with Gasteiger partial charge in [0.15, 0.2) is 0 Å². The largest absolute Gasteiger partial charge is 0.496 e. The number of amides is 1. The second-order valence-corrected chi connectivity index (χ2v) is 5.17. The van der Waals surface area contributed by atoms with E-state index in [4.69, 9.17) is 10.5 Å². The summed E-state index contributed by atoms with van der Waals surface area (Å²) in [6.45, 7) is 0. The van der Waals surface area contributed by atoms with Gasteiger partial charge in [-0.25, -0.2) is 0 Å². The fraction of sp³-hybridized carbons (Fsp3) is 0.500. The summed E-state index contributed by atoms with van der Waals surface area (Å²) in [5, 5.41) is 14.4. The highest BCUT2D eigenvalue weighted by Crippen LogP contribution is 2.34. The van der Waals surface area contributed by atoms with E-state index >= 15 is 0 Å². The maximum atomic E-state index is 11.4. The van der Waals surface area contributed by atoms with E-state index in [2.05, 4.69) is 5.32 Å². The van der Waals surface area contributed by atoms with Gasteiger partial charge in [0.2, 0.25) is 0 Å². The third-order valence-electron chi connectivity index (χ3n) is 3.74. The van der Waals surface area contributed by atoms with E-state index in [9.17, 15) is 14.9 Å². The van der Waals surface area contributed by atoms with Crippen LogP contribution in [0, 0.1) is 10.1 Å². The number of nitro benzene ring substituents is 1. The molecule has 0 atom stereocenters. The van der Waals surface area contributed by atoms with Crippen molar-refractivity contribution < 1.29 is 14.5 Å². The number of nitrogens with one attached hydrogen (secondary N) is 1. The van der Waals surface area contributed by atoms with Crippen molar-refractivity contribution in [2.45, 2.75) is 38.1 Å². The molecular weight excluding hydrogens is 274 g/mol. The molecule has 0 unspecified atom stereocenters. The number of nitrogens with zero attached hydrogens (tertiary/aromatic N) is 1. The van der Waals surface area contributed by atoms with Crippen LogP contribution < -0.4 is 15.8 Å². The van der Waals surface area contributed by atoms with Crippen LogP contribution in [0.15, 0.2) is 12.1 Å². The molecule has 0 aliphatic heterocycles. The van der Waals surface area contributed by atoms with Crippen LogP contribution in [0.3, 0.4) is 0 Å². The van der Waals surface area contributed by atoms with E-state index in [1.165, 1.54) is 25.7 Å². The van der Waals surface area contributed by atoms with Crippen LogP contribution in [0.4, 0.5) is 11.4 Å². The molecule has 1 aliphatic rings. The van der Waals surface area contributed by atoms with Crippen molar-refractivity contribution in [3.63, 3.8) is 0 Å². The Morgan fingerprint density at radius 2 is 2.05 bits per heavy atom. The Labute approximate surface area is 122 Å². The summed E-state index contributed by atoms with van der Waals surface area (Å²) in [4.78, 5) is 22.0. The maximum absolute atomic E-state index is 11.4. The third-order valence-corrected chi connectivity index (χ3v) is 3.74. The van der Waals surface area contributed by atoms with Crippen LogP contribution in [-0.2, 0) is 0 Å². The number of anilines is 1. The van der Waals surface area contributed by atoms with Gasteiger partial charge in [-0.1, -0.05) is 19.3 Å². The molecule has 0 aromatic heterocycles. The Bertz CT molecular complexity index is 553. The number of rotatable bonds is 5. The number of methoxy groups -OCH3 is 1. The van der Waals surface area contributed by atoms with Gasteiger partial charge in [0.1, 0.15) is 11.4 Å². The summed E-state index contributed by atoms with van der Waals surface area (Å²) >= 11 is 0. The number of nitrogens with two attached hydrogens (primary N) is 1. The fourth-order valence-corrected chi connectivity index (χ4v) is 2.66. The van der Waals surface area contributed by atoms with Crippen molar-refractivity contribution in [3.8, 4) is 5.75 Å². The SMILES string of the molecule is COc1cc(NC2CCCCC2)c([N+](=O)[O-])cc1C(N)=O. The van der Waals surface area contributed by atoms with Crippen molar-refractivity contribution in [2.24, 2.45) is 5.73 Å². The normalized spacial score (nSPS) is 15.5. The first kappa shape index (κ1) is 15.1. The summed E-state index contributed by atoms with van der Waals surface area (Å²) in [6, 6.07) is 2.86. The van der Waals surface area contributed by atoms with Crippen LogP contribution >= 0.6 is 0 Å². The summed E-state index contributed by atoms with van der Waals surface area (Å²) < 4.78 is 5.11. The van der Waals surface area contributed by atoms with Crippen molar-refractivity contribution in [1.29, 1.82) is 0 Å². The highest BCUT2D eigenvalue weighted by molar-refractivity contribution is 5.97. The highest BCUT2D eigenvalue weighted by atomic mass is 16.6. The van der Waals surface area contributed by atoms with Gasteiger partial charge in [0.05, 0.1) is 17.6 Å². The quantitative estimate of drug-likeness (QED) is 0.640. The lowest BCUT2D eigenvalue weighted by atomic mass is 9.95. The molecule has 7 heteroatoms. The van der Waals surface area contributed by atoms with Crippen LogP contribution in [0.1, 0.15) is 42.5 Å². The first-order valence-corrected chi connectivity index (χ1v) is 6.95. The molecule has 2 rings (SSSR count). The zero-order chi connectivity index (χ0) is 15.4. The van der Waals surface area contributed by atoms with Crippen molar-refractivity contribution in [1.82, 2.24) is 0 Å². The van der Waals surface area contributed by atoms with Gasteiger partial charge in [-0.2, -0.15) is 0 Å². The van der Waals surface area contributed by atoms with Crippen LogP contribution in [-0.4, -0.2) is 24.0 Å². The Morgan fingerprint density at radius 3 is 2.57 bits per heavy atom. The maximum Gasteiger partial charge on any atom is 0.293 e. The molecule has 1 aliphatic carbocycles. The molecule has 0 spiro atoms. The Morgan fingerprint density at radius 1 is 1.38 bits per heavy atom. The average Bonchev–Trinajstić information content (AvgIpc) is 2.47. The first-order chi connectivity index (χ1) is 10.0. The zero-order valence-electron chi connectivity index (χ0n) is 11.9. The Hall–Kier alpha value is -2.31. The molecule has 1 amide bonds. The number of hydrogen-bond acceptors (Lipinski definition) is 5. The number of hydrogen-bond donors (Lipinski definition) is 2. The number of ether oxygens (including phenoxy) is 1. The summed E-state index contributed by atoms with van der Waals surface area (Å²) in [6.07, 6.45) is 5.39. The lowest BCUT2D eigenvalue weighted by Gasteiger charge is -2.24. The van der Waals surface area contributed by atoms with Gasteiger partial charge in [-0.05, 0) is 12.8 Å². The van der Waals surface area contributed by atoms with Crippen LogP contribution in [0.5, 0.6) is 5.75 Å². The van der Waals surface area contributed by atoms with E-state index < -0.39 is 10.8 Å². The first-order valence-electron chi connectivity index (χ1n) is 6.95. The Balaban J connectivity index is 2.37. The van der Waals surface area contributed by atoms with Gasteiger partial charge >= 0.3 is 0 Å². The molecule has 7 nitrogen and oxygen atoms in total. The molecule has 0 radical (unpaired) electrons. The molecule has 1 aromatic carbocycles. The highest BCUT2D eigenvalue weighted by Gasteiger charge is 2.23. The van der Waals surface area contributed by atoms with Crippen molar-refractivity contribution in [3.05, 3.63) is 27.8 Å². The summed E-state index contributed by atoms with van der Waals surface area (Å²) in [7, 11) is 1.40. The lowest BCUT2D eigenvalue weighted by molar-refractivity contribution is -0.384.